The van der Waals surface area contributed by atoms with E-state index in [9.17, 15) is 0 Å². The summed E-state index contributed by atoms with van der Waals surface area (Å²) in [5.41, 5.74) is 3.07. The van der Waals surface area contributed by atoms with Crippen LogP contribution in [0, 0.1) is 12.8 Å². The van der Waals surface area contributed by atoms with Gasteiger partial charge in [-0.05, 0) is 79.8 Å². The molecule has 3 aromatic heterocycles. The molecule has 4 aromatic rings. The van der Waals surface area contributed by atoms with Gasteiger partial charge in [-0.1, -0.05) is 6.92 Å². The maximum Gasteiger partial charge on any atom is 0.154 e. The SMILES string of the molecule is COc1cc2sc(-c3cnc4ccc(N(C)C5CCC(C)CC5)nn34)cc2cc1C. The average molecular weight is 421 g/mol. The highest BCUT2D eigenvalue weighted by Crippen LogP contribution is 2.37. The smallest absolute Gasteiger partial charge is 0.154 e. The first-order valence-electron chi connectivity index (χ1n) is 10.7. The Bertz CT molecular complexity index is 1200. The number of aromatic nitrogens is 3. The Morgan fingerprint density at radius 1 is 1.13 bits per heavy atom. The standard InChI is InChI=1S/C24H28N4OS/c1-15-5-7-18(8-6-15)27(3)24-10-9-23-25-14-19(28(23)26-24)22-12-17-11-16(2)20(29-4)13-21(17)30-22/h9-15,18H,5-8H2,1-4H3. The fraction of sp³-hybridized carbons (Fsp3) is 0.417. The highest BCUT2D eigenvalue weighted by Gasteiger charge is 2.23. The number of rotatable bonds is 4. The number of fused-ring (bicyclic) bond motifs is 2. The van der Waals surface area contributed by atoms with Crippen molar-refractivity contribution in [2.75, 3.05) is 19.1 Å². The second kappa shape index (κ2) is 7.58. The number of imidazole rings is 1. The molecule has 0 saturated heterocycles. The molecule has 0 atom stereocenters. The van der Waals surface area contributed by atoms with Gasteiger partial charge in [0.25, 0.3) is 0 Å². The zero-order valence-electron chi connectivity index (χ0n) is 18.1. The molecular weight excluding hydrogens is 392 g/mol. The molecule has 1 fully saturated rings. The van der Waals surface area contributed by atoms with E-state index in [4.69, 9.17) is 9.84 Å². The predicted octanol–water partition coefficient (Wildman–Crippen LogP) is 5.94. The average Bonchev–Trinajstić information content (AvgIpc) is 3.35. The number of nitrogens with zero attached hydrogens (tertiary/aromatic N) is 4. The third kappa shape index (κ3) is 3.33. The summed E-state index contributed by atoms with van der Waals surface area (Å²) in [7, 11) is 3.90. The first kappa shape index (κ1) is 19.4. The molecule has 1 aromatic carbocycles. The highest BCUT2D eigenvalue weighted by molar-refractivity contribution is 7.22. The van der Waals surface area contributed by atoms with Crippen LogP contribution in [0.4, 0.5) is 5.82 Å². The van der Waals surface area contributed by atoms with Gasteiger partial charge in [0, 0.05) is 17.8 Å². The molecule has 5 rings (SSSR count). The minimum absolute atomic E-state index is 0.567. The van der Waals surface area contributed by atoms with Gasteiger partial charge >= 0.3 is 0 Å². The third-order valence-electron chi connectivity index (χ3n) is 6.53. The lowest BCUT2D eigenvalue weighted by Crippen LogP contribution is -2.35. The first-order valence-corrected chi connectivity index (χ1v) is 11.5. The van der Waals surface area contributed by atoms with E-state index in [0.717, 1.165) is 34.4 Å². The quantitative estimate of drug-likeness (QED) is 0.410. The molecule has 1 saturated carbocycles. The molecule has 0 spiro atoms. The van der Waals surface area contributed by atoms with Crippen molar-refractivity contribution in [2.45, 2.75) is 45.6 Å². The summed E-state index contributed by atoms with van der Waals surface area (Å²) in [6.07, 6.45) is 7.02. The van der Waals surface area contributed by atoms with E-state index in [2.05, 4.69) is 61.1 Å². The normalized spacial score (nSPS) is 19.5. The molecular formula is C24H28N4OS. The molecule has 156 valence electrons. The van der Waals surface area contributed by atoms with Crippen molar-refractivity contribution in [3.63, 3.8) is 0 Å². The van der Waals surface area contributed by atoms with Crippen molar-refractivity contribution in [1.82, 2.24) is 14.6 Å². The van der Waals surface area contributed by atoms with Gasteiger partial charge in [-0.2, -0.15) is 0 Å². The number of anilines is 1. The number of hydrogen-bond donors (Lipinski definition) is 0. The van der Waals surface area contributed by atoms with Crippen LogP contribution in [0.3, 0.4) is 0 Å². The van der Waals surface area contributed by atoms with Crippen molar-refractivity contribution in [1.29, 1.82) is 0 Å². The van der Waals surface area contributed by atoms with Gasteiger partial charge in [-0.25, -0.2) is 9.50 Å². The number of methoxy groups -OCH3 is 1. The van der Waals surface area contributed by atoms with E-state index in [0.29, 0.717) is 6.04 Å². The van der Waals surface area contributed by atoms with E-state index in [1.54, 1.807) is 18.4 Å². The number of aryl methyl sites for hydroxylation is 1. The summed E-state index contributed by atoms with van der Waals surface area (Å²) in [5.74, 6) is 2.79. The van der Waals surface area contributed by atoms with Gasteiger partial charge in [0.2, 0.25) is 0 Å². The summed E-state index contributed by atoms with van der Waals surface area (Å²) in [5, 5.41) is 6.22. The number of ether oxygens (including phenoxy) is 1. The maximum absolute atomic E-state index is 5.50. The van der Waals surface area contributed by atoms with Crippen LogP contribution in [0.25, 0.3) is 26.3 Å². The predicted molar refractivity (Wildman–Crippen MR) is 125 cm³/mol. The molecule has 5 nitrogen and oxygen atoms in total. The van der Waals surface area contributed by atoms with Gasteiger partial charge in [0.1, 0.15) is 17.3 Å². The third-order valence-corrected chi connectivity index (χ3v) is 7.65. The van der Waals surface area contributed by atoms with Gasteiger partial charge < -0.3 is 9.64 Å². The molecule has 0 aliphatic heterocycles. The van der Waals surface area contributed by atoms with Crippen LogP contribution in [0.15, 0.2) is 36.5 Å². The zero-order valence-corrected chi connectivity index (χ0v) is 18.9. The summed E-state index contributed by atoms with van der Waals surface area (Å²) < 4.78 is 8.71. The summed E-state index contributed by atoms with van der Waals surface area (Å²) in [6.45, 7) is 4.44. The van der Waals surface area contributed by atoms with Gasteiger partial charge in [-0.3, -0.25) is 0 Å². The molecule has 0 bridgehead atoms. The van der Waals surface area contributed by atoms with E-state index < -0.39 is 0 Å². The van der Waals surface area contributed by atoms with Crippen molar-refractivity contribution < 1.29 is 4.74 Å². The Morgan fingerprint density at radius 3 is 2.70 bits per heavy atom. The minimum atomic E-state index is 0.567. The van der Waals surface area contributed by atoms with Gasteiger partial charge in [0.05, 0.1) is 18.2 Å². The van der Waals surface area contributed by atoms with E-state index in [1.165, 1.54) is 40.6 Å². The van der Waals surface area contributed by atoms with E-state index >= 15 is 0 Å². The second-order valence-electron chi connectivity index (χ2n) is 8.60. The Hall–Kier alpha value is -2.60. The fourth-order valence-electron chi connectivity index (χ4n) is 4.56. The summed E-state index contributed by atoms with van der Waals surface area (Å²) >= 11 is 1.76. The van der Waals surface area contributed by atoms with Crippen LogP contribution in [0.5, 0.6) is 5.75 Å². The molecule has 6 heteroatoms. The fourth-order valence-corrected chi connectivity index (χ4v) is 5.63. The van der Waals surface area contributed by atoms with Gasteiger partial charge in [-0.15, -0.1) is 16.4 Å². The monoisotopic (exact) mass is 420 g/mol. The lowest BCUT2D eigenvalue weighted by atomic mass is 9.87. The summed E-state index contributed by atoms with van der Waals surface area (Å²) in [6, 6.07) is 11.3. The topological polar surface area (TPSA) is 42.7 Å². The van der Waals surface area contributed by atoms with Crippen LogP contribution < -0.4 is 9.64 Å². The molecule has 1 aliphatic carbocycles. The zero-order chi connectivity index (χ0) is 20.8. The molecule has 1 aliphatic rings. The molecule has 3 heterocycles. The van der Waals surface area contributed by atoms with Crippen molar-refractivity contribution in [2.24, 2.45) is 5.92 Å². The first-order chi connectivity index (χ1) is 14.5. The van der Waals surface area contributed by atoms with E-state index in [1.807, 2.05) is 10.7 Å². The molecule has 30 heavy (non-hydrogen) atoms. The van der Waals surface area contributed by atoms with E-state index in [-0.39, 0.29) is 0 Å². The molecule has 0 unspecified atom stereocenters. The largest absolute Gasteiger partial charge is 0.496 e. The summed E-state index contributed by atoms with van der Waals surface area (Å²) in [4.78, 5) is 8.13. The molecule has 0 N–H and O–H groups in total. The van der Waals surface area contributed by atoms with Crippen molar-refractivity contribution >= 4 is 32.9 Å². The van der Waals surface area contributed by atoms with Crippen molar-refractivity contribution in [3.8, 4) is 16.3 Å². The second-order valence-corrected chi connectivity index (χ2v) is 9.68. The van der Waals surface area contributed by atoms with Crippen LogP contribution in [0.2, 0.25) is 0 Å². The molecule has 0 amide bonds. The number of thiophene rings is 1. The van der Waals surface area contributed by atoms with Crippen LogP contribution in [-0.4, -0.2) is 34.8 Å². The lowest BCUT2D eigenvalue weighted by Gasteiger charge is -2.34. The Kier molecular flexibility index (Phi) is 4.89. The Balaban J connectivity index is 1.52. The van der Waals surface area contributed by atoms with Crippen LogP contribution >= 0.6 is 11.3 Å². The number of hydrogen-bond acceptors (Lipinski definition) is 5. The lowest BCUT2D eigenvalue weighted by molar-refractivity contribution is 0.339. The van der Waals surface area contributed by atoms with Crippen molar-refractivity contribution in [3.05, 3.63) is 42.1 Å². The number of benzene rings is 1. The van der Waals surface area contributed by atoms with Crippen LogP contribution in [-0.2, 0) is 0 Å². The highest BCUT2D eigenvalue weighted by atomic mass is 32.1. The molecule has 0 radical (unpaired) electrons. The van der Waals surface area contributed by atoms with Crippen LogP contribution in [0.1, 0.15) is 38.2 Å². The Morgan fingerprint density at radius 2 is 1.93 bits per heavy atom. The Labute approximate surface area is 181 Å². The minimum Gasteiger partial charge on any atom is -0.496 e. The maximum atomic E-state index is 5.50. The van der Waals surface area contributed by atoms with Gasteiger partial charge in [0.15, 0.2) is 5.65 Å².